The van der Waals surface area contributed by atoms with Crippen LogP contribution in [-0.2, 0) is 11.2 Å². The molecule has 1 fully saturated rings. The molecule has 2 N–H and O–H groups in total. The van der Waals surface area contributed by atoms with Gasteiger partial charge < -0.3 is 10.6 Å². The highest BCUT2D eigenvalue weighted by atomic mass is 35.5. The number of carbonyl (C=O) groups is 1. The molecular formula is C14H21ClN2O. The highest BCUT2D eigenvalue weighted by molar-refractivity contribution is 5.85. The van der Waals surface area contributed by atoms with Gasteiger partial charge in [-0.2, -0.15) is 0 Å². The number of halogens is 1. The summed E-state index contributed by atoms with van der Waals surface area (Å²) in [5.41, 5.74) is 1.07. The Labute approximate surface area is 115 Å². The highest BCUT2D eigenvalue weighted by Gasteiger charge is 2.22. The Bertz CT molecular complexity index is 369. The summed E-state index contributed by atoms with van der Waals surface area (Å²) in [5.74, 6) is 0.688. The van der Waals surface area contributed by atoms with Crippen LogP contribution in [0.2, 0.25) is 0 Å². The SMILES string of the molecule is CC1CCNCC1NC(=O)Cc1ccccc1.Cl. The van der Waals surface area contributed by atoms with Crippen LogP contribution in [-0.4, -0.2) is 25.0 Å². The molecule has 1 heterocycles. The molecule has 1 aromatic carbocycles. The summed E-state index contributed by atoms with van der Waals surface area (Å²) in [5, 5.41) is 6.44. The minimum Gasteiger partial charge on any atom is -0.352 e. The molecule has 2 atom stereocenters. The number of hydrogen-bond donors (Lipinski definition) is 2. The molecule has 2 unspecified atom stereocenters. The molecule has 2 rings (SSSR count). The molecule has 4 heteroatoms. The zero-order valence-corrected chi connectivity index (χ0v) is 11.5. The summed E-state index contributed by atoms with van der Waals surface area (Å²) in [7, 11) is 0. The van der Waals surface area contributed by atoms with Crippen molar-refractivity contribution in [3.63, 3.8) is 0 Å². The van der Waals surface area contributed by atoms with Gasteiger partial charge >= 0.3 is 0 Å². The van der Waals surface area contributed by atoms with Gasteiger partial charge in [0.15, 0.2) is 0 Å². The van der Waals surface area contributed by atoms with Gasteiger partial charge in [-0.3, -0.25) is 4.79 Å². The summed E-state index contributed by atoms with van der Waals surface area (Å²) in [6.07, 6.45) is 1.61. The largest absolute Gasteiger partial charge is 0.352 e. The van der Waals surface area contributed by atoms with E-state index in [1.165, 1.54) is 0 Å². The topological polar surface area (TPSA) is 41.1 Å². The molecule has 0 aromatic heterocycles. The molecule has 0 bridgehead atoms. The first kappa shape index (κ1) is 15.0. The van der Waals surface area contributed by atoms with Crippen LogP contribution in [0, 0.1) is 5.92 Å². The Balaban J connectivity index is 0.00000162. The second-order valence-electron chi connectivity index (χ2n) is 4.81. The Hall–Kier alpha value is -1.06. The third kappa shape index (κ3) is 4.31. The van der Waals surface area contributed by atoms with E-state index in [-0.39, 0.29) is 24.4 Å². The van der Waals surface area contributed by atoms with Crippen molar-refractivity contribution in [2.45, 2.75) is 25.8 Å². The molecule has 3 nitrogen and oxygen atoms in total. The fraction of sp³-hybridized carbons (Fsp3) is 0.500. The molecular weight excluding hydrogens is 248 g/mol. The van der Waals surface area contributed by atoms with E-state index < -0.39 is 0 Å². The number of amides is 1. The van der Waals surface area contributed by atoms with Gasteiger partial charge in [-0.15, -0.1) is 12.4 Å². The number of piperidine rings is 1. The van der Waals surface area contributed by atoms with Crippen LogP contribution >= 0.6 is 12.4 Å². The Morgan fingerprint density at radius 3 is 2.78 bits per heavy atom. The summed E-state index contributed by atoms with van der Waals surface area (Å²) in [6, 6.07) is 10.2. The first-order valence-electron chi connectivity index (χ1n) is 6.29. The highest BCUT2D eigenvalue weighted by Crippen LogP contribution is 2.11. The van der Waals surface area contributed by atoms with Crippen LogP contribution in [0.4, 0.5) is 0 Å². The van der Waals surface area contributed by atoms with Crippen LogP contribution in [0.15, 0.2) is 30.3 Å². The van der Waals surface area contributed by atoms with E-state index in [0.29, 0.717) is 12.3 Å². The van der Waals surface area contributed by atoms with Crippen LogP contribution in [0.3, 0.4) is 0 Å². The zero-order valence-electron chi connectivity index (χ0n) is 10.7. The van der Waals surface area contributed by atoms with E-state index in [4.69, 9.17) is 0 Å². The van der Waals surface area contributed by atoms with Crippen molar-refractivity contribution in [3.05, 3.63) is 35.9 Å². The number of nitrogens with one attached hydrogen (secondary N) is 2. The molecule has 100 valence electrons. The normalized spacial score (nSPS) is 22.9. The minimum atomic E-state index is 0. The van der Waals surface area contributed by atoms with Gasteiger partial charge in [0.1, 0.15) is 0 Å². The van der Waals surface area contributed by atoms with Gasteiger partial charge in [0, 0.05) is 12.6 Å². The molecule has 18 heavy (non-hydrogen) atoms. The Morgan fingerprint density at radius 2 is 2.11 bits per heavy atom. The van der Waals surface area contributed by atoms with Gasteiger partial charge in [-0.25, -0.2) is 0 Å². The van der Waals surface area contributed by atoms with Gasteiger partial charge in [0.05, 0.1) is 6.42 Å². The van der Waals surface area contributed by atoms with Crippen LogP contribution in [0.25, 0.3) is 0 Å². The molecule has 1 saturated heterocycles. The maximum atomic E-state index is 11.9. The van der Waals surface area contributed by atoms with E-state index in [0.717, 1.165) is 25.1 Å². The van der Waals surface area contributed by atoms with Crippen molar-refractivity contribution in [1.29, 1.82) is 0 Å². The number of hydrogen-bond acceptors (Lipinski definition) is 2. The summed E-state index contributed by atoms with van der Waals surface area (Å²) in [4.78, 5) is 11.9. The lowest BCUT2D eigenvalue weighted by Crippen LogP contribution is -2.50. The first-order valence-corrected chi connectivity index (χ1v) is 6.29. The number of benzene rings is 1. The molecule has 1 aliphatic heterocycles. The fourth-order valence-corrected chi connectivity index (χ4v) is 2.22. The van der Waals surface area contributed by atoms with E-state index in [1.54, 1.807) is 0 Å². The Morgan fingerprint density at radius 1 is 1.39 bits per heavy atom. The lowest BCUT2D eigenvalue weighted by molar-refractivity contribution is -0.121. The molecule has 0 aliphatic carbocycles. The van der Waals surface area contributed by atoms with Crippen molar-refractivity contribution in [1.82, 2.24) is 10.6 Å². The number of rotatable bonds is 3. The van der Waals surface area contributed by atoms with E-state index in [9.17, 15) is 4.79 Å². The zero-order chi connectivity index (χ0) is 12.1. The molecule has 1 amide bonds. The predicted molar refractivity (Wildman–Crippen MR) is 76.0 cm³/mol. The van der Waals surface area contributed by atoms with E-state index >= 15 is 0 Å². The molecule has 0 saturated carbocycles. The maximum absolute atomic E-state index is 11.9. The second-order valence-corrected chi connectivity index (χ2v) is 4.81. The van der Waals surface area contributed by atoms with Crippen LogP contribution < -0.4 is 10.6 Å². The van der Waals surface area contributed by atoms with E-state index in [2.05, 4.69) is 17.6 Å². The molecule has 0 spiro atoms. The van der Waals surface area contributed by atoms with Gasteiger partial charge in [0.25, 0.3) is 0 Å². The van der Waals surface area contributed by atoms with Crippen molar-refractivity contribution in [2.75, 3.05) is 13.1 Å². The van der Waals surface area contributed by atoms with Crippen molar-refractivity contribution in [2.24, 2.45) is 5.92 Å². The lowest BCUT2D eigenvalue weighted by atomic mass is 9.94. The quantitative estimate of drug-likeness (QED) is 0.877. The summed E-state index contributed by atoms with van der Waals surface area (Å²) < 4.78 is 0. The van der Waals surface area contributed by atoms with Crippen molar-refractivity contribution >= 4 is 18.3 Å². The smallest absolute Gasteiger partial charge is 0.224 e. The molecule has 1 aromatic rings. The summed E-state index contributed by atoms with van der Waals surface area (Å²) in [6.45, 7) is 4.15. The molecule has 0 radical (unpaired) electrons. The maximum Gasteiger partial charge on any atom is 0.224 e. The average Bonchev–Trinajstić information content (AvgIpc) is 2.33. The predicted octanol–water partition coefficient (Wildman–Crippen LogP) is 1.77. The summed E-state index contributed by atoms with van der Waals surface area (Å²) >= 11 is 0. The van der Waals surface area contributed by atoms with E-state index in [1.807, 2.05) is 30.3 Å². The third-order valence-corrected chi connectivity index (χ3v) is 3.38. The Kier molecular flexibility index (Phi) is 6.16. The first-order chi connectivity index (χ1) is 8.25. The van der Waals surface area contributed by atoms with Crippen molar-refractivity contribution in [3.8, 4) is 0 Å². The van der Waals surface area contributed by atoms with Crippen LogP contribution in [0.1, 0.15) is 18.9 Å². The standard InChI is InChI=1S/C14H20N2O.ClH/c1-11-7-8-15-10-13(11)16-14(17)9-12-5-3-2-4-6-12;/h2-6,11,13,15H,7-10H2,1H3,(H,16,17);1H. The fourth-order valence-electron chi connectivity index (χ4n) is 2.22. The number of carbonyl (C=O) groups excluding carboxylic acids is 1. The van der Waals surface area contributed by atoms with Crippen LogP contribution in [0.5, 0.6) is 0 Å². The van der Waals surface area contributed by atoms with Gasteiger partial charge in [0.2, 0.25) is 5.91 Å². The van der Waals surface area contributed by atoms with Gasteiger partial charge in [-0.05, 0) is 24.4 Å². The lowest BCUT2D eigenvalue weighted by Gasteiger charge is -2.30. The second kappa shape index (κ2) is 7.39. The molecule has 1 aliphatic rings. The van der Waals surface area contributed by atoms with Gasteiger partial charge in [-0.1, -0.05) is 37.3 Å². The minimum absolute atomic E-state index is 0. The van der Waals surface area contributed by atoms with Crippen molar-refractivity contribution < 1.29 is 4.79 Å². The average molecular weight is 269 g/mol. The monoisotopic (exact) mass is 268 g/mol. The third-order valence-electron chi connectivity index (χ3n) is 3.38.